The Kier molecular flexibility index (Phi) is 4.74. The fourth-order valence-electron chi connectivity index (χ4n) is 3.15. The van der Waals surface area contributed by atoms with Gasteiger partial charge in [-0.2, -0.15) is 0 Å². The highest BCUT2D eigenvalue weighted by Gasteiger charge is 2.39. The molecule has 1 aliphatic rings. The average molecular weight is 342 g/mol. The number of benzene rings is 2. The lowest BCUT2D eigenvalue weighted by atomic mass is 9.87. The van der Waals surface area contributed by atoms with Gasteiger partial charge in [-0.15, -0.1) is 0 Å². The number of rotatable bonds is 3. The summed E-state index contributed by atoms with van der Waals surface area (Å²) in [6.45, 7) is 7.12. The van der Waals surface area contributed by atoms with Crippen LogP contribution >= 0.6 is 11.6 Å². The Bertz CT molecular complexity index is 759. The van der Waals surface area contributed by atoms with Crippen molar-refractivity contribution in [2.75, 3.05) is 19.8 Å². The number of carbonyl (C=O) groups excluding carboxylic acids is 1. The van der Waals surface area contributed by atoms with E-state index in [4.69, 9.17) is 16.3 Å². The molecule has 1 heterocycles. The maximum Gasteiger partial charge on any atom is 0.246 e. The van der Waals surface area contributed by atoms with Gasteiger partial charge in [0.15, 0.2) is 0 Å². The van der Waals surface area contributed by atoms with Crippen LogP contribution in [0.2, 0.25) is 5.02 Å². The smallest absolute Gasteiger partial charge is 0.246 e. The van der Waals surface area contributed by atoms with Crippen LogP contribution < -0.4 is 0 Å². The van der Waals surface area contributed by atoms with E-state index in [1.807, 2.05) is 54.3 Å². The first kappa shape index (κ1) is 16.7. The number of halogens is 1. The Balaban J connectivity index is 2.08. The van der Waals surface area contributed by atoms with Gasteiger partial charge in [0, 0.05) is 11.6 Å². The maximum atomic E-state index is 12.3. The van der Waals surface area contributed by atoms with Crippen molar-refractivity contribution < 1.29 is 9.53 Å². The van der Waals surface area contributed by atoms with Crippen molar-refractivity contribution in [1.82, 2.24) is 4.90 Å². The van der Waals surface area contributed by atoms with Crippen molar-refractivity contribution in [3.63, 3.8) is 0 Å². The molecule has 2 aromatic rings. The molecule has 0 spiro atoms. The lowest BCUT2D eigenvalue weighted by Crippen LogP contribution is -2.54. The molecular formula is C20H20ClNO2. The molecule has 0 saturated carbocycles. The molecule has 3 nitrogen and oxygen atoms in total. The van der Waals surface area contributed by atoms with Gasteiger partial charge >= 0.3 is 0 Å². The third-order valence-corrected chi connectivity index (χ3v) is 4.72. The van der Waals surface area contributed by atoms with E-state index in [0.29, 0.717) is 24.8 Å². The van der Waals surface area contributed by atoms with E-state index in [2.05, 4.69) is 12.6 Å². The lowest BCUT2D eigenvalue weighted by molar-refractivity contribution is -0.143. The van der Waals surface area contributed by atoms with E-state index in [9.17, 15) is 4.79 Å². The van der Waals surface area contributed by atoms with Crippen LogP contribution in [-0.4, -0.2) is 30.6 Å². The van der Waals surface area contributed by atoms with E-state index in [1.54, 1.807) is 0 Å². The van der Waals surface area contributed by atoms with Crippen molar-refractivity contribution >= 4 is 17.5 Å². The van der Waals surface area contributed by atoms with Gasteiger partial charge < -0.3 is 9.64 Å². The molecule has 24 heavy (non-hydrogen) atoms. The number of nitrogens with zero attached hydrogens (tertiary/aromatic N) is 1. The van der Waals surface area contributed by atoms with Gasteiger partial charge in [-0.05, 0) is 47.9 Å². The van der Waals surface area contributed by atoms with Gasteiger partial charge in [-0.1, -0.05) is 48.5 Å². The first-order valence-corrected chi connectivity index (χ1v) is 8.31. The highest BCUT2D eigenvalue weighted by atomic mass is 35.5. The zero-order chi connectivity index (χ0) is 17.2. The molecular weight excluding hydrogens is 322 g/mol. The molecule has 1 amide bonds. The number of amides is 1. The SMILES string of the molecule is C=CC(=O)N1CCOCC1(C)c1cc(Cl)cc(-c2ccccc2)c1. The van der Waals surface area contributed by atoms with E-state index in [0.717, 1.165) is 16.7 Å². The molecule has 3 rings (SSSR count). The van der Waals surface area contributed by atoms with Gasteiger partial charge in [-0.25, -0.2) is 0 Å². The summed E-state index contributed by atoms with van der Waals surface area (Å²) in [4.78, 5) is 14.1. The second-order valence-corrected chi connectivity index (χ2v) is 6.55. The number of hydrogen-bond donors (Lipinski definition) is 0. The topological polar surface area (TPSA) is 29.5 Å². The number of carbonyl (C=O) groups is 1. The predicted molar refractivity (Wildman–Crippen MR) is 97.0 cm³/mol. The maximum absolute atomic E-state index is 12.3. The van der Waals surface area contributed by atoms with Crippen LogP contribution in [-0.2, 0) is 15.1 Å². The van der Waals surface area contributed by atoms with Gasteiger partial charge in [0.2, 0.25) is 5.91 Å². The summed E-state index contributed by atoms with van der Waals surface area (Å²) in [6, 6.07) is 16.0. The molecule has 0 aliphatic carbocycles. The summed E-state index contributed by atoms with van der Waals surface area (Å²) < 4.78 is 5.68. The second kappa shape index (κ2) is 6.80. The van der Waals surface area contributed by atoms with E-state index in [-0.39, 0.29) is 5.91 Å². The molecule has 1 fully saturated rings. The normalized spacial score (nSPS) is 20.7. The zero-order valence-electron chi connectivity index (χ0n) is 13.7. The minimum absolute atomic E-state index is 0.0953. The summed E-state index contributed by atoms with van der Waals surface area (Å²) in [5, 5.41) is 0.643. The van der Waals surface area contributed by atoms with Gasteiger partial charge in [0.25, 0.3) is 0 Å². The van der Waals surface area contributed by atoms with Crippen molar-refractivity contribution in [3.05, 3.63) is 71.8 Å². The minimum Gasteiger partial charge on any atom is -0.377 e. The zero-order valence-corrected chi connectivity index (χ0v) is 14.4. The molecule has 0 bridgehead atoms. The van der Waals surface area contributed by atoms with Crippen LogP contribution in [0.4, 0.5) is 0 Å². The second-order valence-electron chi connectivity index (χ2n) is 6.12. The molecule has 4 heteroatoms. The van der Waals surface area contributed by atoms with Crippen molar-refractivity contribution in [2.24, 2.45) is 0 Å². The molecule has 0 radical (unpaired) electrons. The third-order valence-electron chi connectivity index (χ3n) is 4.51. The molecule has 124 valence electrons. The number of ether oxygens (including phenoxy) is 1. The van der Waals surface area contributed by atoms with Crippen LogP contribution in [0.3, 0.4) is 0 Å². The van der Waals surface area contributed by atoms with Crippen LogP contribution in [0.25, 0.3) is 11.1 Å². The molecule has 1 unspecified atom stereocenters. The van der Waals surface area contributed by atoms with Crippen LogP contribution in [0.5, 0.6) is 0 Å². The molecule has 2 aromatic carbocycles. The van der Waals surface area contributed by atoms with E-state index >= 15 is 0 Å². The predicted octanol–water partition coefficient (Wildman–Crippen LogP) is 4.27. The highest BCUT2D eigenvalue weighted by Crippen LogP contribution is 2.36. The quantitative estimate of drug-likeness (QED) is 0.780. The monoisotopic (exact) mass is 341 g/mol. The Labute approximate surface area is 147 Å². The molecule has 1 aliphatic heterocycles. The van der Waals surface area contributed by atoms with Crippen LogP contribution in [0.1, 0.15) is 12.5 Å². The largest absolute Gasteiger partial charge is 0.377 e. The minimum atomic E-state index is -0.571. The Morgan fingerprint density at radius 3 is 2.71 bits per heavy atom. The fraction of sp³-hybridized carbons (Fsp3) is 0.250. The van der Waals surface area contributed by atoms with E-state index in [1.165, 1.54) is 6.08 Å². The summed E-state index contributed by atoms with van der Waals surface area (Å²) in [7, 11) is 0. The fourth-order valence-corrected chi connectivity index (χ4v) is 3.39. The Morgan fingerprint density at radius 2 is 2.00 bits per heavy atom. The molecule has 1 saturated heterocycles. The summed E-state index contributed by atoms with van der Waals surface area (Å²) in [5.41, 5.74) is 2.50. The first-order chi connectivity index (χ1) is 11.5. The summed E-state index contributed by atoms with van der Waals surface area (Å²) in [6.07, 6.45) is 1.35. The van der Waals surface area contributed by atoms with Crippen LogP contribution in [0.15, 0.2) is 61.2 Å². The van der Waals surface area contributed by atoms with E-state index < -0.39 is 5.54 Å². The summed E-state index contributed by atoms with van der Waals surface area (Å²) >= 11 is 6.38. The van der Waals surface area contributed by atoms with Crippen molar-refractivity contribution in [1.29, 1.82) is 0 Å². The lowest BCUT2D eigenvalue weighted by Gasteiger charge is -2.44. The number of morpholine rings is 1. The molecule has 0 aromatic heterocycles. The standard InChI is InChI=1S/C20H20ClNO2/c1-3-19(23)22-9-10-24-14-20(22,2)17-11-16(12-18(21)13-17)15-7-5-4-6-8-15/h3-8,11-13H,1,9-10,14H2,2H3. The summed E-state index contributed by atoms with van der Waals surface area (Å²) in [5.74, 6) is -0.0953. The Morgan fingerprint density at radius 1 is 1.25 bits per heavy atom. The van der Waals surface area contributed by atoms with Crippen molar-refractivity contribution in [3.8, 4) is 11.1 Å². The van der Waals surface area contributed by atoms with Gasteiger partial charge in [-0.3, -0.25) is 4.79 Å². The van der Waals surface area contributed by atoms with Crippen molar-refractivity contribution in [2.45, 2.75) is 12.5 Å². The molecule has 0 N–H and O–H groups in total. The van der Waals surface area contributed by atoms with Crippen LogP contribution in [0, 0.1) is 0 Å². The highest BCUT2D eigenvalue weighted by molar-refractivity contribution is 6.31. The molecule has 1 atom stereocenters. The third kappa shape index (κ3) is 3.10. The average Bonchev–Trinajstić information content (AvgIpc) is 2.61. The number of hydrogen-bond acceptors (Lipinski definition) is 2. The van der Waals surface area contributed by atoms with Gasteiger partial charge in [0.05, 0.1) is 18.8 Å². The first-order valence-electron chi connectivity index (χ1n) is 7.93. The Hall–Kier alpha value is -2.10. The van der Waals surface area contributed by atoms with Gasteiger partial charge in [0.1, 0.15) is 0 Å².